The third-order valence-corrected chi connectivity index (χ3v) is 12.3. The molecular formula is C46H59N9O5. The van der Waals surface area contributed by atoms with Crippen LogP contribution in [0.4, 0.5) is 27.7 Å². The lowest BCUT2D eigenvalue weighted by Gasteiger charge is -2.38. The van der Waals surface area contributed by atoms with Gasteiger partial charge < -0.3 is 34.8 Å². The number of anilines is 4. The molecule has 4 aliphatic heterocycles. The number of carbonyl (C=O) groups is 3. The summed E-state index contributed by atoms with van der Waals surface area (Å²) in [5.41, 5.74) is 5.62. The molecule has 3 fully saturated rings. The highest BCUT2D eigenvalue weighted by Gasteiger charge is 2.35. The number of ether oxygens (including phenoxy) is 2. The largest absolute Gasteiger partial charge is 0.497 e. The molecule has 0 spiro atoms. The van der Waals surface area contributed by atoms with Crippen LogP contribution < -0.4 is 20.3 Å². The first kappa shape index (κ1) is 41.1. The summed E-state index contributed by atoms with van der Waals surface area (Å²) in [5, 5.41) is 11.6. The van der Waals surface area contributed by atoms with Crippen LogP contribution in [0.1, 0.15) is 82.0 Å². The number of benzene rings is 2. The average Bonchev–Trinajstić information content (AvgIpc) is 3.72. The average molecular weight is 818 g/mol. The molecule has 60 heavy (non-hydrogen) atoms. The van der Waals surface area contributed by atoms with Gasteiger partial charge in [0.25, 0.3) is 5.91 Å². The van der Waals surface area contributed by atoms with Crippen molar-refractivity contribution in [1.29, 1.82) is 0 Å². The van der Waals surface area contributed by atoms with E-state index in [-0.39, 0.29) is 24.5 Å². The first-order chi connectivity index (χ1) is 29.0. The van der Waals surface area contributed by atoms with Crippen molar-refractivity contribution >= 4 is 40.8 Å². The van der Waals surface area contributed by atoms with Crippen molar-refractivity contribution in [2.24, 2.45) is 5.92 Å². The van der Waals surface area contributed by atoms with E-state index < -0.39 is 11.6 Å². The number of nitrogens with zero attached hydrogens (tertiary/aromatic N) is 7. The molecule has 0 bridgehead atoms. The number of piperidine rings is 3. The van der Waals surface area contributed by atoms with Crippen molar-refractivity contribution in [3.05, 3.63) is 89.9 Å². The number of nitrogens with one attached hydrogen (secondary N) is 2. The number of likely N-dealkylation sites (tertiary alicyclic amines) is 2. The minimum Gasteiger partial charge on any atom is -0.497 e. The Bertz CT molecular complexity index is 2120. The maximum Gasteiger partial charge on any atom is 0.410 e. The van der Waals surface area contributed by atoms with Gasteiger partial charge in [-0.25, -0.2) is 9.78 Å². The van der Waals surface area contributed by atoms with Crippen LogP contribution in [0.15, 0.2) is 73.2 Å². The second-order valence-corrected chi connectivity index (χ2v) is 17.7. The Hall–Kier alpha value is -5.63. The molecule has 14 heteroatoms. The Balaban J connectivity index is 0.756. The third kappa shape index (κ3) is 10.0. The van der Waals surface area contributed by atoms with Crippen LogP contribution in [-0.2, 0) is 33.8 Å². The van der Waals surface area contributed by atoms with Gasteiger partial charge in [-0.3, -0.25) is 19.2 Å². The van der Waals surface area contributed by atoms with Gasteiger partial charge in [-0.2, -0.15) is 5.10 Å². The maximum absolute atomic E-state index is 13.4. The van der Waals surface area contributed by atoms with Crippen LogP contribution in [0.3, 0.4) is 0 Å². The number of amides is 3. The Morgan fingerprint density at radius 3 is 2.32 bits per heavy atom. The number of fused-ring (bicyclic) bond motifs is 1. The molecule has 4 aliphatic rings. The third-order valence-electron chi connectivity index (χ3n) is 12.3. The number of aromatic nitrogens is 3. The number of methoxy groups -OCH3 is 1. The Morgan fingerprint density at radius 2 is 1.60 bits per heavy atom. The van der Waals surface area contributed by atoms with Crippen molar-refractivity contribution < 1.29 is 23.9 Å². The predicted octanol–water partition coefficient (Wildman–Crippen LogP) is 7.01. The fourth-order valence-electron chi connectivity index (χ4n) is 8.86. The molecule has 3 saturated heterocycles. The number of hydrogen-bond acceptors (Lipinski definition) is 11. The van der Waals surface area contributed by atoms with Gasteiger partial charge in [-0.05, 0) is 124 Å². The zero-order valence-electron chi connectivity index (χ0n) is 35.4. The van der Waals surface area contributed by atoms with Crippen molar-refractivity contribution in [2.45, 2.75) is 96.5 Å². The van der Waals surface area contributed by atoms with Crippen LogP contribution in [0.2, 0.25) is 0 Å². The van der Waals surface area contributed by atoms with Crippen LogP contribution >= 0.6 is 0 Å². The summed E-state index contributed by atoms with van der Waals surface area (Å²) in [6, 6.07) is 17.8. The van der Waals surface area contributed by atoms with E-state index in [1.165, 1.54) is 23.4 Å². The summed E-state index contributed by atoms with van der Waals surface area (Å²) in [5.74, 6) is 1.85. The highest BCUT2D eigenvalue weighted by molar-refractivity contribution is 6.01. The summed E-state index contributed by atoms with van der Waals surface area (Å²) >= 11 is 0. The standard InChI is InChI=1S/C46H59N9O5/c1-46(2,3)60-45(58)53-24-17-34-26-47-42(25-35(34)30-53)50-37-27-48-55(31-37)39-18-20-51(21-19-39)28-33-15-22-52(23-16-33)38-9-7-36(8-10-38)49-41-13-14-43(56)54(44(41)57)29-32-5-11-40(59-4)12-6-32/h5-12,25-27,31,33,39,41,49H,13-24,28-30H2,1-4H3,(H,47,50). The fourth-order valence-corrected chi connectivity index (χ4v) is 8.86. The molecule has 4 aromatic rings. The summed E-state index contributed by atoms with van der Waals surface area (Å²) in [6.07, 6.45) is 11.6. The van der Waals surface area contributed by atoms with Gasteiger partial charge in [0.1, 0.15) is 23.2 Å². The molecule has 3 amide bonds. The summed E-state index contributed by atoms with van der Waals surface area (Å²) in [7, 11) is 1.62. The minimum absolute atomic E-state index is 0.132. The predicted molar refractivity (Wildman–Crippen MR) is 231 cm³/mol. The number of imide groups is 1. The molecule has 2 N–H and O–H groups in total. The number of pyridine rings is 1. The van der Waals surface area contributed by atoms with Crippen molar-refractivity contribution in [3.63, 3.8) is 0 Å². The van der Waals surface area contributed by atoms with E-state index in [0.29, 0.717) is 37.9 Å². The lowest BCUT2D eigenvalue weighted by molar-refractivity contribution is -0.149. The quantitative estimate of drug-likeness (QED) is 0.151. The van der Waals surface area contributed by atoms with Crippen LogP contribution in [0.25, 0.3) is 0 Å². The SMILES string of the molecule is COc1ccc(CN2C(=O)CCC(Nc3ccc(N4CCC(CN5CCC(n6cc(Nc7cc8c(cn7)CCN(C(=O)OC(C)(C)C)C8)cn6)CC5)CC4)cc3)C2=O)cc1. The van der Waals surface area contributed by atoms with E-state index in [0.717, 1.165) is 91.6 Å². The van der Waals surface area contributed by atoms with E-state index >= 15 is 0 Å². The molecule has 1 atom stereocenters. The van der Waals surface area contributed by atoms with Crippen molar-refractivity contribution in [3.8, 4) is 5.75 Å². The van der Waals surface area contributed by atoms with Gasteiger partial charge in [-0.1, -0.05) is 12.1 Å². The number of rotatable bonds is 11. The molecule has 0 aliphatic carbocycles. The van der Waals surface area contributed by atoms with Crippen molar-refractivity contribution in [1.82, 2.24) is 29.5 Å². The summed E-state index contributed by atoms with van der Waals surface area (Å²) in [6.45, 7) is 12.4. The topological polar surface area (TPSA) is 137 Å². The molecule has 318 valence electrons. The molecule has 14 nitrogen and oxygen atoms in total. The highest BCUT2D eigenvalue weighted by Crippen LogP contribution is 2.30. The maximum atomic E-state index is 13.4. The smallest absolute Gasteiger partial charge is 0.410 e. The lowest BCUT2D eigenvalue weighted by Crippen LogP contribution is -2.50. The van der Waals surface area contributed by atoms with Gasteiger partial charge in [0.15, 0.2) is 0 Å². The highest BCUT2D eigenvalue weighted by atomic mass is 16.6. The molecule has 6 heterocycles. The zero-order valence-corrected chi connectivity index (χ0v) is 35.4. The molecule has 8 rings (SSSR count). The molecule has 2 aromatic heterocycles. The Kier molecular flexibility index (Phi) is 12.3. The minimum atomic E-state index is -0.523. The van der Waals surface area contributed by atoms with Gasteiger partial charge in [0.2, 0.25) is 5.91 Å². The summed E-state index contributed by atoms with van der Waals surface area (Å²) < 4.78 is 12.9. The van der Waals surface area contributed by atoms with Gasteiger partial charge in [0, 0.05) is 76.0 Å². The number of carbonyl (C=O) groups excluding carboxylic acids is 3. The normalized spacial score (nSPS) is 19.6. The van der Waals surface area contributed by atoms with E-state index in [1.807, 2.05) is 63.5 Å². The van der Waals surface area contributed by atoms with Crippen molar-refractivity contribution in [2.75, 3.05) is 61.9 Å². The second-order valence-electron chi connectivity index (χ2n) is 17.7. The Morgan fingerprint density at radius 1 is 0.850 bits per heavy atom. The monoisotopic (exact) mass is 817 g/mol. The Labute approximate surface area is 353 Å². The molecule has 1 unspecified atom stereocenters. The summed E-state index contributed by atoms with van der Waals surface area (Å²) in [4.78, 5) is 51.6. The van der Waals surface area contributed by atoms with E-state index in [1.54, 1.807) is 12.0 Å². The molecule has 0 radical (unpaired) electrons. The lowest BCUT2D eigenvalue weighted by atomic mass is 9.94. The van der Waals surface area contributed by atoms with Crippen LogP contribution in [0.5, 0.6) is 5.75 Å². The molecule has 2 aromatic carbocycles. The van der Waals surface area contributed by atoms with E-state index in [4.69, 9.17) is 14.6 Å². The first-order valence-corrected chi connectivity index (χ1v) is 21.5. The van der Waals surface area contributed by atoms with Gasteiger partial charge in [0.05, 0.1) is 31.6 Å². The fraction of sp³-hybridized carbons (Fsp3) is 0.500. The first-order valence-electron chi connectivity index (χ1n) is 21.5. The molecule has 0 saturated carbocycles. The van der Waals surface area contributed by atoms with Crippen LogP contribution in [0, 0.1) is 5.92 Å². The van der Waals surface area contributed by atoms with E-state index in [2.05, 4.69) is 60.6 Å². The molecular weight excluding hydrogens is 759 g/mol. The van der Waals surface area contributed by atoms with Gasteiger partial charge >= 0.3 is 6.09 Å². The van der Waals surface area contributed by atoms with E-state index in [9.17, 15) is 14.4 Å². The van der Waals surface area contributed by atoms with Gasteiger partial charge in [-0.15, -0.1) is 0 Å². The second kappa shape index (κ2) is 17.9. The van der Waals surface area contributed by atoms with Crippen LogP contribution in [-0.4, -0.2) is 105 Å². The number of hydrogen-bond donors (Lipinski definition) is 2. The zero-order chi connectivity index (χ0) is 41.8.